The fourth-order valence-electron chi connectivity index (χ4n) is 1.95. The van der Waals surface area contributed by atoms with Gasteiger partial charge in [-0.25, -0.2) is 5.43 Å². The highest BCUT2D eigenvalue weighted by atomic mass is 79.9. The Balaban J connectivity index is 1.93. The van der Waals surface area contributed by atoms with E-state index in [1.54, 1.807) is 31.4 Å². The zero-order chi connectivity index (χ0) is 18.1. The van der Waals surface area contributed by atoms with E-state index in [1.807, 2.05) is 25.1 Å². The van der Waals surface area contributed by atoms with Crippen LogP contribution in [0, 0.1) is 0 Å². The topological polar surface area (TPSA) is 69.2 Å². The van der Waals surface area contributed by atoms with Gasteiger partial charge in [0.15, 0.2) is 6.61 Å². The van der Waals surface area contributed by atoms with Crippen LogP contribution in [0.5, 0.6) is 17.2 Å². The molecule has 0 spiro atoms. The third kappa shape index (κ3) is 5.79. The molecule has 0 atom stereocenters. The van der Waals surface area contributed by atoms with Gasteiger partial charge in [0.05, 0.1) is 24.4 Å². The summed E-state index contributed by atoms with van der Waals surface area (Å²) in [5.41, 5.74) is 3.12. The molecule has 1 amide bonds. The van der Waals surface area contributed by atoms with E-state index < -0.39 is 0 Å². The average molecular weight is 407 g/mol. The number of rotatable bonds is 8. The van der Waals surface area contributed by atoms with Gasteiger partial charge in [-0.1, -0.05) is 12.1 Å². The zero-order valence-corrected chi connectivity index (χ0v) is 15.6. The highest BCUT2D eigenvalue weighted by Crippen LogP contribution is 2.24. The van der Waals surface area contributed by atoms with E-state index in [0.717, 1.165) is 4.47 Å². The van der Waals surface area contributed by atoms with E-state index in [-0.39, 0.29) is 12.5 Å². The van der Waals surface area contributed by atoms with Gasteiger partial charge in [0.2, 0.25) is 0 Å². The smallest absolute Gasteiger partial charge is 0.277 e. The molecule has 132 valence electrons. The Bertz CT molecular complexity index is 750. The molecule has 2 aromatic carbocycles. The Hall–Kier alpha value is -2.54. The number of carbonyl (C=O) groups is 1. The van der Waals surface area contributed by atoms with Crippen molar-refractivity contribution in [2.75, 3.05) is 20.3 Å². The molecule has 6 nitrogen and oxygen atoms in total. The Morgan fingerprint density at radius 1 is 1.20 bits per heavy atom. The van der Waals surface area contributed by atoms with Crippen LogP contribution >= 0.6 is 15.9 Å². The second kappa shape index (κ2) is 9.68. The van der Waals surface area contributed by atoms with E-state index in [0.29, 0.717) is 29.4 Å². The minimum atomic E-state index is -0.368. The number of para-hydroxylation sites is 1. The summed E-state index contributed by atoms with van der Waals surface area (Å²) in [7, 11) is 1.58. The third-order valence-corrected chi connectivity index (χ3v) is 3.76. The van der Waals surface area contributed by atoms with Gasteiger partial charge in [-0.3, -0.25) is 4.79 Å². The van der Waals surface area contributed by atoms with Crippen molar-refractivity contribution in [3.05, 3.63) is 52.5 Å². The summed E-state index contributed by atoms with van der Waals surface area (Å²) >= 11 is 3.35. The zero-order valence-electron chi connectivity index (χ0n) is 14.0. The second-order valence-corrected chi connectivity index (χ2v) is 5.70. The number of halogens is 1. The molecule has 0 bridgehead atoms. The highest BCUT2D eigenvalue weighted by molar-refractivity contribution is 9.10. The molecule has 0 radical (unpaired) electrons. The van der Waals surface area contributed by atoms with Crippen molar-refractivity contribution in [1.29, 1.82) is 0 Å². The Kier molecular flexibility index (Phi) is 7.28. The molecule has 0 saturated heterocycles. The number of hydrogen-bond donors (Lipinski definition) is 1. The van der Waals surface area contributed by atoms with Crippen LogP contribution in [-0.2, 0) is 4.79 Å². The number of benzene rings is 2. The average Bonchev–Trinajstić information content (AvgIpc) is 2.62. The molecule has 1 N–H and O–H groups in total. The summed E-state index contributed by atoms with van der Waals surface area (Å²) in [4.78, 5) is 11.8. The van der Waals surface area contributed by atoms with E-state index in [9.17, 15) is 4.79 Å². The van der Waals surface area contributed by atoms with Crippen molar-refractivity contribution >= 4 is 28.1 Å². The van der Waals surface area contributed by atoms with Crippen LogP contribution < -0.4 is 19.6 Å². The molecular formula is C18H19BrN2O4. The van der Waals surface area contributed by atoms with Crippen LogP contribution in [0.3, 0.4) is 0 Å². The van der Waals surface area contributed by atoms with Gasteiger partial charge in [0.1, 0.15) is 17.2 Å². The molecule has 0 saturated carbocycles. The first-order valence-electron chi connectivity index (χ1n) is 7.64. The Morgan fingerprint density at radius 3 is 2.72 bits per heavy atom. The predicted molar refractivity (Wildman–Crippen MR) is 99.5 cm³/mol. The molecule has 25 heavy (non-hydrogen) atoms. The lowest BCUT2D eigenvalue weighted by molar-refractivity contribution is -0.123. The van der Waals surface area contributed by atoms with Crippen molar-refractivity contribution < 1.29 is 19.0 Å². The van der Waals surface area contributed by atoms with Crippen molar-refractivity contribution in [1.82, 2.24) is 5.43 Å². The number of carbonyl (C=O) groups excluding carboxylic acids is 1. The minimum Gasteiger partial charge on any atom is -0.497 e. The summed E-state index contributed by atoms with van der Waals surface area (Å²) in [6.07, 6.45) is 1.50. The van der Waals surface area contributed by atoms with Crippen molar-refractivity contribution in [3.8, 4) is 17.2 Å². The van der Waals surface area contributed by atoms with Gasteiger partial charge in [-0.15, -0.1) is 0 Å². The summed E-state index contributed by atoms with van der Waals surface area (Å²) in [5, 5.41) is 3.94. The van der Waals surface area contributed by atoms with Crippen LogP contribution in [0.25, 0.3) is 0 Å². The maximum absolute atomic E-state index is 11.8. The molecule has 0 unspecified atom stereocenters. The molecule has 2 aromatic rings. The van der Waals surface area contributed by atoms with Crippen LogP contribution in [-0.4, -0.2) is 32.4 Å². The SMILES string of the molecule is CCOc1ccc(OC)cc1C=NNC(=O)COc1ccccc1Br. The Labute approximate surface area is 154 Å². The summed E-state index contributed by atoms with van der Waals surface area (Å²) in [6.45, 7) is 2.28. The first-order valence-corrected chi connectivity index (χ1v) is 8.43. The van der Waals surface area contributed by atoms with E-state index >= 15 is 0 Å². The van der Waals surface area contributed by atoms with E-state index in [4.69, 9.17) is 14.2 Å². The van der Waals surface area contributed by atoms with Crippen LogP contribution in [0.1, 0.15) is 12.5 Å². The van der Waals surface area contributed by atoms with Gasteiger partial charge in [0.25, 0.3) is 5.91 Å². The van der Waals surface area contributed by atoms with Crippen molar-refractivity contribution in [3.63, 3.8) is 0 Å². The largest absolute Gasteiger partial charge is 0.497 e. The number of ether oxygens (including phenoxy) is 3. The molecule has 0 aliphatic rings. The van der Waals surface area contributed by atoms with Gasteiger partial charge in [-0.2, -0.15) is 5.10 Å². The molecule has 7 heteroatoms. The number of nitrogens with zero attached hydrogens (tertiary/aromatic N) is 1. The molecule has 0 aliphatic carbocycles. The lowest BCUT2D eigenvalue weighted by Crippen LogP contribution is -2.24. The van der Waals surface area contributed by atoms with Crippen LogP contribution in [0.4, 0.5) is 0 Å². The van der Waals surface area contributed by atoms with Crippen LogP contribution in [0.2, 0.25) is 0 Å². The molecular weight excluding hydrogens is 388 g/mol. The number of amides is 1. The lowest BCUT2D eigenvalue weighted by atomic mass is 10.2. The van der Waals surface area contributed by atoms with Gasteiger partial charge in [-0.05, 0) is 53.2 Å². The summed E-state index contributed by atoms with van der Waals surface area (Å²) in [6, 6.07) is 12.7. The number of methoxy groups -OCH3 is 1. The predicted octanol–water partition coefficient (Wildman–Crippen LogP) is 3.39. The molecule has 0 fully saturated rings. The first kappa shape index (κ1) is 18.8. The molecule has 2 rings (SSSR count). The first-order chi connectivity index (χ1) is 12.1. The Morgan fingerprint density at radius 2 is 2.00 bits per heavy atom. The summed E-state index contributed by atoms with van der Waals surface area (Å²) in [5.74, 6) is 1.56. The van der Waals surface area contributed by atoms with Gasteiger partial charge < -0.3 is 14.2 Å². The standard InChI is InChI=1S/C18H19BrN2O4/c1-3-24-16-9-8-14(23-2)10-13(16)11-20-21-18(22)12-25-17-7-5-4-6-15(17)19/h4-11H,3,12H2,1-2H3,(H,21,22). The molecule has 0 aromatic heterocycles. The number of nitrogens with one attached hydrogen (secondary N) is 1. The maximum atomic E-state index is 11.8. The van der Waals surface area contributed by atoms with Crippen molar-refractivity contribution in [2.45, 2.75) is 6.92 Å². The summed E-state index contributed by atoms with van der Waals surface area (Å²) < 4.78 is 16.9. The molecule has 0 heterocycles. The lowest BCUT2D eigenvalue weighted by Gasteiger charge is -2.09. The van der Waals surface area contributed by atoms with Crippen molar-refractivity contribution in [2.24, 2.45) is 5.10 Å². The van der Waals surface area contributed by atoms with Crippen LogP contribution in [0.15, 0.2) is 52.0 Å². The quantitative estimate of drug-likeness (QED) is 0.538. The third-order valence-electron chi connectivity index (χ3n) is 3.11. The number of hydrazone groups is 1. The van der Waals surface area contributed by atoms with E-state index in [1.165, 1.54) is 6.21 Å². The van der Waals surface area contributed by atoms with E-state index in [2.05, 4.69) is 26.5 Å². The maximum Gasteiger partial charge on any atom is 0.277 e. The number of hydrogen-bond acceptors (Lipinski definition) is 5. The van der Waals surface area contributed by atoms with Gasteiger partial charge >= 0.3 is 0 Å². The monoisotopic (exact) mass is 406 g/mol. The fourth-order valence-corrected chi connectivity index (χ4v) is 2.35. The fraction of sp³-hybridized carbons (Fsp3) is 0.222. The molecule has 0 aliphatic heterocycles. The second-order valence-electron chi connectivity index (χ2n) is 4.85. The normalized spacial score (nSPS) is 10.5. The highest BCUT2D eigenvalue weighted by Gasteiger charge is 2.06. The van der Waals surface area contributed by atoms with Gasteiger partial charge in [0, 0.05) is 5.56 Å². The minimum absolute atomic E-state index is 0.142.